The maximum Gasteiger partial charge on any atom is 0.0991 e. The van der Waals surface area contributed by atoms with E-state index in [0.717, 1.165) is 19.5 Å². The highest BCUT2D eigenvalue weighted by Gasteiger charge is 2.29. The van der Waals surface area contributed by atoms with Gasteiger partial charge in [0.1, 0.15) is 0 Å². The summed E-state index contributed by atoms with van der Waals surface area (Å²) in [7, 11) is 2.18. The molecule has 1 aromatic heterocycles. The number of hydrogen-bond acceptors (Lipinski definition) is 3. The van der Waals surface area contributed by atoms with Gasteiger partial charge in [-0.2, -0.15) is 0 Å². The molecule has 2 unspecified atom stereocenters. The fraction of sp³-hybridized carbons (Fsp3) is 0.400. The number of nitrogens with two attached hydrogens (primary N) is 1. The Hall–Kier alpha value is -1.65. The second-order valence-corrected chi connectivity index (χ2v) is 5.36. The van der Waals surface area contributed by atoms with Crippen LogP contribution in [0.1, 0.15) is 18.0 Å². The van der Waals surface area contributed by atoms with Crippen molar-refractivity contribution in [3.8, 4) is 5.69 Å². The van der Waals surface area contributed by atoms with Crippen LogP contribution in [0.15, 0.2) is 43.0 Å². The standard InChI is InChI=1S/C15H20N4/c1-18-10-12(9-16)7-15(18)13-3-2-4-14(8-13)19-6-5-17-11-19/h2-6,8,11-12,15H,7,9-10,16H2,1H3. The van der Waals surface area contributed by atoms with Gasteiger partial charge in [-0.15, -0.1) is 0 Å². The van der Waals surface area contributed by atoms with Crippen molar-refractivity contribution < 1.29 is 0 Å². The molecule has 4 nitrogen and oxygen atoms in total. The minimum absolute atomic E-state index is 0.483. The van der Waals surface area contributed by atoms with Crippen molar-refractivity contribution in [2.45, 2.75) is 12.5 Å². The summed E-state index contributed by atoms with van der Waals surface area (Å²) in [5, 5.41) is 0. The van der Waals surface area contributed by atoms with Crippen LogP contribution in [0.4, 0.5) is 0 Å². The summed E-state index contributed by atoms with van der Waals surface area (Å²) in [4.78, 5) is 6.51. The predicted molar refractivity (Wildman–Crippen MR) is 76.1 cm³/mol. The third-order valence-electron chi connectivity index (χ3n) is 4.03. The summed E-state index contributed by atoms with van der Waals surface area (Å²) in [5.41, 5.74) is 8.34. The number of hydrogen-bond donors (Lipinski definition) is 1. The summed E-state index contributed by atoms with van der Waals surface area (Å²) in [5.74, 6) is 0.618. The smallest absolute Gasteiger partial charge is 0.0991 e. The van der Waals surface area contributed by atoms with E-state index in [-0.39, 0.29) is 0 Å². The van der Waals surface area contributed by atoms with Crippen LogP contribution in [0.3, 0.4) is 0 Å². The molecule has 1 saturated heterocycles. The Kier molecular flexibility index (Phi) is 3.36. The number of benzene rings is 1. The first-order valence-corrected chi connectivity index (χ1v) is 6.76. The molecule has 2 atom stereocenters. The van der Waals surface area contributed by atoms with Crippen LogP contribution in [-0.2, 0) is 0 Å². The van der Waals surface area contributed by atoms with Gasteiger partial charge in [-0.05, 0) is 43.6 Å². The van der Waals surface area contributed by atoms with Gasteiger partial charge in [0, 0.05) is 30.7 Å². The highest BCUT2D eigenvalue weighted by molar-refractivity contribution is 5.37. The first-order valence-electron chi connectivity index (χ1n) is 6.76. The van der Waals surface area contributed by atoms with Crippen molar-refractivity contribution in [2.24, 2.45) is 11.7 Å². The second kappa shape index (κ2) is 5.15. The van der Waals surface area contributed by atoms with Crippen LogP contribution < -0.4 is 5.73 Å². The number of imidazole rings is 1. The van der Waals surface area contributed by atoms with Crippen molar-refractivity contribution in [1.82, 2.24) is 14.5 Å². The summed E-state index contributed by atoms with van der Waals surface area (Å²) < 4.78 is 2.04. The SMILES string of the molecule is CN1CC(CN)CC1c1cccc(-n2ccnc2)c1. The zero-order valence-corrected chi connectivity index (χ0v) is 11.2. The van der Waals surface area contributed by atoms with E-state index in [1.807, 2.05) is 17.1 Å². The van der Waals surface area contributed by atoms with Gasteiger partial charge < -0.3 is 10.3 Å². The maximum absolute atomic E-state index is 5.80. The quantitative estimate of drug-likeness (QED) is 0.911. The highest BCUT2D eigenvalue weighted by atomic mass is 15.2. The third-order valence-corrected chi connectivity index (χ3v) is 4.03. The van der Waals surface area contributed by atoms with Gasteiger partial charge in [0.25, 0.3) is 0 Å². The molecule has 0 saturated carbocycles. The number of likely N-dealkylation sites (tertiary alicyclic amines) is 1. The fourth-order valence-corrected chi connectivity index (χ4v) is 2.97. The number of rotatable bonds is 3. The van der Waals surface area contributed by atoms with E-state index in [9.17, 15) is 0 Å². The first-order chi connectivity index (χ1) is 9.28. The number of nitrogens with zero attached hydrogens (tertiary/aromatic N) is 3. The molecule has 0 spiro atoms. The van der Waals surface area contributed by atoms with Gasteiger partial charge in [-0.3, -0.25) is 4.90 Å². The van der Waals surface area contributed by atoms with Gasteiger partial charge in [0.05, 0.1) is 6.33 Å². The minimum atomic E-state index is 0.483. The molecule has 2 aromatic rings. The molecule has 2 heterocycles. The summed E-state index contributed by atoms with van der Waals surface area (Å²) in [6.45, 7) is 1.87. The summed E-state index contributed by atoms with van der Waals surface area (Å²) in [6, 6.07) is 9.17. The first kappa shape index (κ1) is 12.4. The topological polar surface area (TPSA) is 47.1 Å². The molecule has 19 heavy (non-hydrogen) atoms. The molecular formula is C15H20N4. The second-order valence-electron chi connectivity index (χ2n) is 5.36. The van der Waals surface area contributed by atoms with Gasteiger partial charge >= 0.3 is 0 Å². The Morgan fingerprint density at radius 3 is 3.00 bits per heavy atom. The lowest BCUT2D eigenvalue weighted by Gasteiger charge is -2.20. The highest BCUT2D eigenvalue weighted by Crippen LogP contribution is 2.34. The Labute approximate surface area is 113 Å². The average Bonchev–Trinajstić information content (AvgIpc) is 3.08. The van der Waals surface area contributed by atoms with E-state index < -0.39 is 0 Å². The molecule has 1 aliphatic heterocycles. The summed E-state index contributed by atoms with van der Waals surface area (Å²) in [6.07, 6.45) is 6.76. The van der Waals surface area contributed by atoms with Crippen LogP contribution in [-0.4, -0.2) is 34.6 Å². The van der Waals surface area contributed by atoms with Gasteiger partial charge in [0.15, 0.2) is 0 Å². The molecule has 100 valence electrons. The van der Waals surface area contributed by atoms with Crippen molar-refractivity contribution in [3.63, 3.8) is 0 Å². The predicted octanol–water partition coefficient (Wildman–Crippen LogP) is 1.82. The van der Waals surface area contributed by atoms with E-state index in [0.29, 0.717) is 12.0 Å². The van der Waals surface area contributed by atoms with Gasteiger partial charge in [0.2, 0.25) is 0 Å². The fourth-order valence-electron chi connectivity index (χ4n) is 2.97. The van der Waals surface area contributed by atoms with Gasteiger partial charge in [-0.25, -0.2) is 4.98 Å². The van der Waals surface area contributed by atoms with Crippen molar-refractivity contribution in [2.75, 3.05) is 20.1 Å². The van der Waals surface area contributed by atoms with Crippen molar-refractivity contribution >= 4 is 0 Å². The van der Waals surface area contributed by atoms with Crippen molar-refractivity contribution in [1.29, 1.82) is 0 Å². The minimum Gasteiger partial charge on any atom is -0.330 e. The molecule has 0 bridgehead atoms. The Morgan fingerprint density at radius 2 is 2.32 bits per heavy atom. The monoisotopic (exact) mass is 256 g/mol. The van der Waals surface area contributed by atoms with Crippen LogP contribution in [0.5, 0.6) is 0 Å². The van der Waals surface area contributed by atoms with Crippen LogP contribution in [0.25, 0.3) is 5.69 Å². The van der Waals surface area contributed by atoms with E-state index in [1.54, 1.807) is 6.20 Å². The van der Waals surface area contributed by atoms with Crippen molar-refractivity contribution in [3.05, 3.63) is 48.5 Å². The van der Waals surface area contributed by atoms with E-state index in [1.165, 1.54) is 11.3 Å². The van der Waals surface area contributed by atoms with Gasteiger partial charge in [-0.1, -0.05) is 12.1 Å². The lowest BCUT2D eigenvalue weighted by Crippen LogP contribution is -2.20. The average molecular weight is 256 g/mol. The normalized spacial score (nSPS) is 23.9. The number of aromatic nitrogens is 2. The largest absolute Gasteiger partial charge is 0.330 e. The molecule has 3 rings (SSSR count). The Balaban J connectivity index is 1.88. The summed E-state index contributed by atoms with van der Waals surface area (Å²) >= 11 is 0. The lowest BCUT2D eigenvalue weighted by molar-refractivity contribution is 0.313. The molecule has 1 aliphatic rings. The molecule has 0 radical (unpaired) electrons. The van der Waals surface area contributed by atoms with Crippen LogP contribution >= 0.6 is 0 Å². The molecular weight excluding hydrogens is 236 g/mol. The molecule has 2 N–H and O–H groups in total. The van der Waals surface area contributed by atoms with Crippen LogP contribution in [0, 0.1) is 5.92 Å². The Bertz CT molecular complexity index is 535. The lowest BCUT2D eigenvalue weighted by atomic mass is 9.99. The molecule has 4 heteroatoms. The Morgan fingerprint density at radius 1 is 1.42 bits per heavy atom. The van der Waals surface area contributed by atoms with E-state index in [2.05, 4.69) is 41.2 Å². The molecule has 0 aliphatic carbocycles. The maximum atomic E-state index is 5.80. The van der Waals surface area contributed by atoms with E-state index in [4.69, 9.17) is 5.73 Å². The molecule has 1 fully saturated rings. The van der Waals surface area contributed by atoms with Crippen LogP contribution in [0.2, 0.25) is 0 Å². The molecule has 1 aromatic carbocycles. The third kappa shape index (κ3) is 2.41. The zero-order valence-electron chi connectivity index (χ0n) is 11.2. The zero-order chi connectivity index (χ0) is 13.2. The van der Waals surface area contributed by atoms with E-state index >= 15 is 0 Å². The molecule has 0 amide bonds.